The lowest BCUT2D eigenvalue weighted by Crippen LogP contribution is -2.46. The second kappa shape index (κ2) is 10.6. The minimum atomic E-state index is -0.525. The van der Waals surface area contributed by atoms with Gasteiger partial charge in [0, 0.05) is 13.1 Å². The van der Waals surface area contributed by atoms with E-state index in [9.17, 15) is 14.4 Å². The van der Waals surface area contributed by atoms with Gasteiger partial charge in [0.2, 0.25) is 5.91 Å². The summed E-state index contributed by atoms with van der Waals surface area (Å²) in [5.41, 5.74) is 1.51. The molecule has 0 N–H and O–H groups in total. The van der Waals surface area contributed by atoms with Crippen molar-refractivity contribution < 1.29 is 23.9 Å². The molecule has 0 aliphatic carbocycles. The molecule has 33 heavy (non-hydrogen) atoms. The lowest BCUT2D eigenvalue weighted by Gasteiger charge is -2.28. The van der Waals surface area contributed by atoms with E-state index < -0.39 is 11.1 Å². The van der Waals surface area contributed by atoms with Crippen LogP contribution in [0.5, 0.6) is 5.75 Å². The zero-order valence-electron chi connectivity index (χ0n) is 17.5. The Morgan fingerprint density at radius 2 is 1.76 bits per heavy atom. The number of thioether (sulfide) groups is 1. The summed E-state index contributed by atoms with van der Waals surface area (Å²) in [4.78, 5) is 40.3. The zero-order chi connectivity index (χ0) is 23.4. The van der Waals surface area contributed by atoms with E-state index in [4.69, 9.17) is 32.7 Å². The first-order valence-corrected chi connectivity index (χ1v) is 11.8. The van der Waals surface area contributed by atoms with E-state index >= 15 is 0 Å². The first-order valence-electron chi connectivity index (χ1n) is 10.2. The maximum absolute atomic E-state index is 12.8. The van der Waals surface area contributed by atoms with Crippen LogP contribution in [0, 0.1) is 0 Å². The summed E-state index contributed by atoms with van der Waals surface area (Å²) >= 11 is 13.5. The normalized spacial score (nSPS) is 17.7. The molecule has 0 radical (unpaired) electrons. The Kier molecular flexibility index (Phi) is 7.60. The average Bonchev–Trinajstić information content (AvgIpc) is 3.07. The number of rotatable bonds is 6. The van der Waals surface area contributed by atoms with E-state index in [-0.39, 0.29) is 27.4 Å². The lowest BCUT2D eigenvalue weighted by atomic mass is 10.2. The third-order valence-corrected chi connectivity index (χ3v) is 6.54. The van der Waals surface area contributed by atoms with Gasteiger partial charge < -0.3 is 14.4 Å². The summed E-state index contributed by atoms with van der Waals surface area (Å²) in [5, 5.41) is 0.0747. The van der Waals surface area contributed by atoms with Crippen LogP contribution >= 0.6 is 35.0 Å². The standard InChI is InChI=1S/C23H20Cl2N2O5S/c24-17-10-16(11-18(25)21(17)32-14-15-4-2-1-3-5-15)12-19-22(29)27(23(30)33-19)13-20(28)26-6-8-31-9-7-26/h1-5,10-12H,6-9,13-14H2/b19-12-. The van der Waals surface area contributed by atoms with Crippen LogP contribution in [0.1, 0.15) is 11.1 Å². The van der Waals surface area contributed by atoms with Crippen molar-refractivity contribution in [3.05, 3.63) is 68.5 Å². The molecule has 2 aromatic carbocycles. The molecule has 0 atom stereocenters. The van der Waals surface area contributed by atoms with Crippen molar-refractivity contribution in [2.75, 3.05) is 32.8 Å². The van der Waals surface area contributed by atoms with E-state index in [0.717, 1.165) is 22.2 Å². The Bertz CT molecular complexity index is 1080. The monoisotopic (exact) mass is 506 g/mol. The molecule has 0 spiro atoms. The quantitative estimate of drug-likeness (QED) is 0.538. The molecule has 4 rings (SSSR count). The topological polar surface area (TPSA) is 76.2 Å². The van der Waals surface area contributed by atoms with Gasteiger partial charge in [0.05, 0.1) is 28.2 Å². The minimum absolute atomic E-state index is 0.194. The molecule has 0 saturated carbocycles. The molecule has 2 saturated heterocycles. The van der Waals surface area contributed by atoms with Crippen molar-refractivity contribution in [2.45, 2.75) is 6.61 Å². The van der Waals surface area contributed by atoms with Gasteiger partial charge in [-0.3, -0.25) is 19.3 Å². The van der Waals surface area contributed by atoms with E-state index in [1.165, 1.54) is 6.08 Å². The molecule has 2 fully saturated rings. The maximum Gasteiger partial charge on any atom is 0.294 e. The fourth-order valence-electron chi connectivity index (χ4n) is 3.37. The smallest absolute Gasteiger partial charge is 0.294 e. The summed E-state index contributed by atoms with van der Waals surface area (Å²) in [6, 6.07) is 12.8. The van der Waals surface area contributed by atoms with E-state index in [1.807, 2.05) is 30.3 Å². The predicted molar refractivity (Wildman–Crippen MR) is 127 cm³/mol. The summed E-state index contributed by atoms with van der Waals surface area (Å²) < 4.78 is 11.0. The summed E-state index contributed by atoms with van der Waals surface area (Å²) in [6.07, 6.45) is 1.53. The molecule has 2 heterocycles. The highest BCUT2D eigenvalue weighted by atomic mass is 35.5. The molecule has 172 valence electrons. The van der Waals surface area contributed by atoms with Gasteiger partial charge in [-0.1, -0.05) is 53.5 Å². The highest BCUT2D eigenvalue weighted by Crippen LogP contribution is 2.37. The van der Waals surface area contributed by atoms with Gasteiger partial charge in [0.25, 0.3) is 11.1 Å². The van der Waals surface area contributed by atoms with Crippen molar-refractivity contribution in [1.82, 2.24) is 9.80 Å². The summed E-state index contributed by atoms with van der Waals surface area (Å²) in [5.74, 6) is -0.473. The molecular formula is C23H20Cl2N2O5S. The fraction of sp³-hybridized carbons (Fsp3) is 0.261. The van der Waals surface area contributed by atoms with Crippen molar-refractivity contribution >= 4 is 58.1 Å². The maximum atomic E-state index is 12.8. The van der Waals surface area contributed by atoms with Crippen molar-refractivity contribution in [2.24, 2.45) is 0 Å². The Morgan fingerprint density at radius 3 is 2.42 bits per heavy atom. The highest BCUT2D eigenvalue weighted by molar-refractivity contribution is 8.18. The van der Waals surface area contributed by atoms with Gasteiger partial charge >= 0.3 is 0 Å². The SMILES string of the molecule is O=C(CN1C(=O)S/C(=C\c2cc(Cl)c(OCc3ccccc3)c(Cl)c2)C1=O)N1CCOCC1. The third-order valence-electron chi connectivity index (χ3n) is 5.08. The molecule has 2 aliphatic heterocycles. The number of carbonyl (C=O) groups excluding carboxylic acids is 3. The second-order valence-electron chi connectivity index (χ2n) is 7.35. The van der Waals surface area contributed by atoms with Crippen LogP contribution in [0.2, 0.25) is 10.0 Å². The van der Waals surface area contributed by atoms with Gasteiger partial charge in [-0.15, -0.1) is 0 Å². The minimum Gasteiger partial charge on any atom is -0.486 e. The fourth-order valence-corrected chi connectivity index (χ4v) is 4.82. The highest BCUT2D eigenvalue weighted by Gasteiger charge is 2.37. The Hall–Kier alpha value is -2.52. The molecule has 3 amide bonds. The van der Waals surface area contributed by atoms with Crippen molar-refractivity contribution in [3.8, 4) is 5.75 Å². The number of hydrogen-bond donors (Lipinski definition) is 0. The second-order valence-corrected chi connectivity index (χ2v) is 9.16. The van der Waals surface area contributed by atoms with Crippen LogP contribution in [0.25, 0.3) is 6.08 Å². The number of hydrogen-bond acceptors (Lipinski definition) is 6. The van der Waals surface area contributed by atoms with Gasteiger partial charge in [0.15, 0.2) is 5.75 Å². The van der Waals surface area contributed by atoms with Crippen molar-refractivity contribution in [1.29, 1.82) is 0 Å². The number of morpholine rings is 1. The molecule has 0 aromatic heterocycles. The Balaban J connectivity index is 1.45. The summed E-state index contributed by atoms with van der Waals surface area (Å²) in [6.45, 7) is 1.78. The average molecular weight is 507 g/mol. The number of ether oxygens (including phenoxy) is 2. The Labute approximate surface area is 205 Å². The Morgan fingerprint density at radius 1 is 1.09 bits per heavy atom. The van der Waals surface area contributed by atoms with Crippen molar-refractivity contribution in [3.63, 3.8) is 0 Å². The van der Waals surface area contributed by atoms with Crippen LogP contribution in [0.4, 0.5) is 4.79 Å². The third kappa shape index (κ3) is 5.70. The van der Waals surface area contributed by atoms with Crippen LogP contribution in [-0.4, -0.2) is 59.7 Å². The first kappa shape index (κ1) is 23.6. The molecular weight excluding hydrogens is 487 g/mol. The number of carbonyl (C=O) groups is 3. The molecule has 0 unspecified atom stereocenters. The van der Waals surface area contributed by atoms with E-state index in [2.05, 4.69) is 0 Å². The number of nitrogens with zero attached hydrogens (tertiary/aromatic N) is 2. The number of halogens is 2. The van der Waals surface area contributed by atoms with Gasteiger partial charge in [-0.25, -0.2) is 0 Å². The van der Waals surface area contributed by atoms with Gasteiger partial charge in [-0.05, 0) is 41.1 Å². The van der Waals surface area contributed by atoms with E-state index in [0.29, 0.717) is 44.2 Å². The number of imide groups is 1. The summed E-state index contributed by atoms with van der Waals surface area (Å²) in [7, 11) is 0. The van der Waals surface area contributed by atoms with Gasteiger partial charge in [0.1, 0.15) is 13.2 Å². The number of amides is 3. The predicted octanol–water partition coefficient (Wildman–Crippen LogP) is 4.47. The molecule has 2 aromatic rings. The molecule has 7 nitrogen and oxygen atoms in total. The largest absolute Gasteiger partial charge is 0.486 e. The van der Waals surface area contributed by atoms with Crippen LogP contribution in [-0.2, 0) is 20.9 Å². The molecule has 2 aliphatic rings. The molecule has 0 bridgehead atoms. The zero-order valence-corrected chi connectivity index (χ0v) is 19.8. The van der Waals surface area contributed by atoms with Crippen LogP contribution < -0.4 is 4.74 Å². The molecule has 10 heteroatoms. The lowest BCUT2D eigenvalue weighted by molar-refractivity contribution is -0.139. The van der Waals surface area contributed by atoms with Crippen LogP contribution in [0.3, 0.4) is 0 Å². The van der Waals surface area contributed by atoms with Gasteiger partial charge in [-0.2, -0.15) is 0 Å². The number of benzene rings is 2. The van der Waals surface area contributed by atoms with E-state index in [1.54, 1.807) is 17.0 Å². The first-order chi connectivity index (χ1) is 15.9. The van der Waals surface area contributed by atoms with Crippen LogP contribution in [0.15, 0.2) is 47.4 Å².